The van der Waals surface area contributed by atoms with Crippen molar-refractivity contribution in [2.45, 2.75) is 32.2 Å². The number of fused-ring (bicyclic) bond motifs is 2. The van der Waals surface area contributed by atoms with E-state index in [4.69, 9.17) is 26.5 Å². The van der Waals surface area contributed by atoms with Gasteiger partial charge in [-0.25, -0.2) is 0 Å². The molecule has 4 atom stereocenters. The molecule has 0 radical (unpaired) electrons. The summed E-state index contributed by atoms with van der Waals surface area (Å²) >= 11 is 6.07. The Labute approximate surface area is 150 Å². The lowest BCUT2D eigenvalue weighted by Crippen LogP contribution is -2.58. The maximum atomic E-state index is 9.98. The van der Waals surface area contributed by atoms with Crippen LogP contribution in [0.5, 0.6) is 0 Å². The van der Waals surface area contributed by atoms with Crippen LogP contribution in [-0.2, 0) is 9.47 Å². The van der Waals surface area contributed by atoms with Crippen molar-refractivity contribution in [2.24, 2.45) is 16.7 Å². The highest BCUT2D eigenvalue weighted by Gasteiger charge is 2.78. The molecule has 1 aromatic rings. The molecule has 2 bridgehead atoms. The summed E-state index contributed by atoms with van der Waals surface area (Å²) in [6, 6.07) is 12.7. The van der Waals surface area contributed by atoms with Crippen molar-refractivity contribution in [3.05, 3.63) is 34.9 Å². The van der Waals surface area contributed by atoms with Crippen molar-refractivity contribution >= 4 is 17.5 Å². The molecule has 2 aliphatic rings. The molecule has 1 N–H and O–H groups in total. The second-order valence-corrected chi connectivity index (χ2v) is 6.76. The summed E-state index contributed by atoms with van der Waals surface area (Å²) < 4.78 is 11.8. The molecule has 2 aliphatic heterocycles. The average molecular weight is 355 g/mol. The molecule has 2 heterocycles. The van der Waals surface area contributed by atoms with Crippen LogP contribution in [0, 0.1) is 56.2 Å². The Morgan fingerprint density at radius 3 is 2.44 bits per heavy atom. The molecule has 6 nitrogen and oxygen atoms in total. The maximum Gasteiger partial charge on any atom is 0.217 e. The number of benzene rings is 1. The van der Waals surface area contributed by atoms with Crippen LogP contribution in [0.2, 0.25) is 5.02 Å². The fraction of sp³-hybridized carbons (Fsp3) is 0.444. The molecule has 0 amide bonds. The highest BCUT2D eigenvalue weighted by atomic mass is 35.5. The van der Waals surface area contributed by atoms with E-state index in [9.17, 15) is 15.8 Å². The summed E-state index contributed by atoms with van der Waals surface area (Å²) in [6.07, 6.45) is -0.705. The van der Waals surface area contributed by atoms with Crippen LogP contribution in [0.25, 0.3) is 0 Å². The van der Waals surface area contributed by atoms with Crippen molar-refractivity contribution in [3.8, 4) is 18.2 Å². The summed E-state index contributed by atoms with van der Waals surface area (Å²) in [6.45, 7) is 3.50. The molecular weight excluding hydrogens is 340 g/mol. The number of hydrogen-bond acceptors (Lipinski definition) is 6. The van der Waals surface area contributed by atoms with E-state index in [1.807, 2.05) is 19.1 Å². The summed E-state index contributed by atoms with van der Waals surface area (Å²) in [5.41, 5.74) is -3.16. The molecule has 0 spiro atoms. The van der Waals surface area contributed by atoms with Gasteiger partial charge in [-0.05, 0) is 17.7 Å². The zero-order valence-corrected chi connectivity index (χ0v) is 14.5. The van der Waals surface area contributed by atoms with Gasteiger partial charge in [0.15, 0.2) is 5.41 Å². The monoisotopic (exact) mass is 354 g/mol. The van der Waals surface area contributed by atoms with E-state index < -0.39 is 34.5 Å². The second kappa shape index (κ2) is 5.46. The van der Waals surface area contributed by atoms with Gasteiger partial charge in [0.2, 0.25) is 17.1 Å². The first-order valence-corrected chi connectivity index (χ1v) is 8.20. The first kappa shape index (κ1) is 17.2. The summed E-state index contributed by atoms with van der Waals surface area (Å²) in [5.74, 6) is -2.29. The third-order valence-electron chi connectivity index (χ3n) is 5.45. The number of nitrogens with one attached hydrogen (secondary N) is 1. The lowest BCUT2D eigenvalue weighted by atomic mass is 9.53. The topological polar surface area (TPSA) is 114 Å². The van der Waals surface area contributed by atoms with Gasteiger partial charge < -0.3 is 9.47 Å². The maximum absolute atomic E-state index is 9.98. The predicted molar refractivity (Wildman–Crippen MR) is 88.0 cm³/mol. The highest BCUT2D eigenvalue weighted by Crippen LogP contribution is 2.66. The van der Waals surface area contributed by atoms with Gasteiger partial charge in [-0.2, -0.15) is 15.8 Å². The van der Waals surface area contributed by atoms with Crippen LogP contribution in [-0.4, -0.2) is 11.7 Å². The SMILES string of the molecule is CCC12OC(=N)C(C#N)(C1C)C(C#N)(C#N)C(c1cccc(Cl)c1)O2. The largest absolute Gasteiger partial charge is 0.447 e. The van der Waals surface area contributed by atoms with E-state index in [1.165, 1.54) is 0 Å². The zero-order chi connectivity index (χ0) is 18.5. The average Bonchev–Trinajstić information content (AvgIpc) is 2.78. The van der Waals surface area contributed by atoms with Crippen LogP contribution in [0.4, 0.5) is 0 Å². The van der Waals surface area contributed by atoms with Crippen LogP contribution in [0.3, 0.4) is 0 Å². The Morgan fingerprint density at radius 2 is 1.92 bits per heavy atom. The van der Waals surface area contributed by atoms with E-state index in [2.05, 4.69) is 6.07 Å². The van der Waals surface area contributed by atoms with Gasteiger partial charge in [0.1, 0.15) is 6.10 Å². The quantitative estimate of drug-likeness (QED) is 0.869. The summed E-state index contributed by atoms with van der Waals surface area (Å²) in [5, 5.41) is 38.6. The molecular formula is C18H15ClN4O2. The Kier molecular flexibility index (Phi) is 3.77. The van der Waals surface area contributed by atoms with Crippen molar-refractivity contribution in [3.63, 3.8) is 0 Å². The molecule has 1 aromatic carbocycles. The molecule has 4 unspecified atom stereocenters. The Hall–Kier alpha value is -2.59. The Balaban J connectivity index is 2.35. The van der Waals surface area contributed by atoms with Crippen molar-refractivity contribution in [2.75, 3.05) is 0 Å². The molecule has 126 valence electrons. The number of nitriles is 3. The zero-order valence-electron chi connectivity index (χ0n) is 13.7. The third-order valence-corrected chi connectivity index (χ3v) is 5.68. The molecule has 2 fully saturated rings. The predicted octanol–water partition coefficient (Wildman–Crippen LogP) is 3.70. The Bertz CT molecular complexity index is 866. The number of rotatable bonds is 2. The van der Waals surface area contributed by atoms with Gasteiger partial charge in [-0.15, -0.1) is 0 Å². The minimum atomic E-state index is -1.93. The van der Waals surface area contributed by atoms with Crippen molar-refractivity contribution < 1.29 is 9.47 Å². The number of nitrogens with zero attached hydrogens (tertiary/aromatic N) is 3. The van der Waals surface area contributed by atoms with Gasteiger partial charge in [0.05, 0.1) is 24.1 Å². The molecule has 0 saturated carbocycles. The van der Waals surface area contributed by atoms with Crippen molar-refractivity contribution in [1.29, 1.82) is 21.2 Å². The van der Waals surface area contributed by atoms with Crippen LogP contribution in [0.1, 0.15) is 31.9 Å². The minimum absolute atomic E-state index is 0.365. The fourth-order valence-electron chi connectivity index (χ4n) is 4.01. The highest BCUT2D eigenvalue weighted by molar-refractivity contribution is 6.30. The molecule has 0 aromatic heterocycles. The van der Waals surface area contributed by atoms with E-state index in [0.717, 1.165) is 0 Å². The molecule has 0 aliphatic carbocycles. The van der Waals surface area contributed by atoms with Crippen molar-refractivity contribution in [1.82, 2.24) is 0 Å². The molecule has 2 saturated heterocycles. The lowest BCUT2D eigenvalue weighted by molar-refractivity contribution is -0.280. The molecule has 3 rings (SSSR count). The van der Waals surface area contributed by atoms with Gasteiger partial charge in [0, 0.05) is 11.4 Å². The fourth-order valence-corrected chi connectivity index (χ4v) is 4.21. The van der Waals surface area contributed by atoms with E-state index in [0.29, 0.717) is 17.0 Å². The molecule has 7 heteroatoms. The van der Waals surface area contributed by atoms with Gasteiger partial charge in [-0.1, -0.05) is 37.6 Å². The second-order valence-electron chi connectivity index (χ2n) is 6.32. The smallest absolute Gasteiger partial charge is 0.217 e. The van der Waals surface area contributed by atoms with Crippen LogP contribution >= 0.6 is 11.6 Å². The van der Waals surface area contributed by atoms with Crippen LogP contribution in [0.15, 0.2) is 24.3 Å². The Morgan fingerprint density at radius 1 is 1.24 bits per heavy atom. The normalized spacial score (nSPS) is 35.1. The van der Waals surface area contributed by atoms with E-state index >= 15 is 0 Å². The number of halogens is 1. The third kappa shape index (κ3) is 1.83. The van der Waals surface area contributed by atoms with Crippen LogP contribution < -0.4 is 0 Å². The first-order valence-electron chi connectivity index (χ1n) is 7.82. The number of hydrogen-bond donors (Lipinski definition) is 1. The van der Waals surface area contributed by atoms with E-state index in [1.54, 1.807) is 31.2 Å². The lowest BCUT2D eigenvalue weighted by Gasteiger charge is -2.48. The van der Waals surface area contributed by atoms with E-state index in [-0.39, 0.29) is 0 Å². The summed E-state index contributed by atoms with van der Waals surface area (Å²) in [4.78, 5) is 0. The summed E-state index contributed by atoms with van der Waals surface area (Å²) in [7, 11) is 0. The first-order chi connectivity index (χ1) is 11.9. The van der Waals surface area contributed by atoms with Gasteiger partial charge >= 0.3 is 0 Å². The molecule has 25 heavy (non-hydrogen) atoms. The van der Waals surface area contributed by atoms with Gasteiger partial charge in [0.25, 0.3) is 0 Å². The standard InChI is InChI=1S/C18H15ClN4O2/c1-3-18-11(2)17(10-22,15(23)25-18)16(8-20,9-21)14(24-18)12-5-4-6-13(19)7-12/h4-7,11,14,23H,3H2,1-2H3. The van der Waals surface area contributed by atoms with Gasteiger partial charge in [-0.3, -0.25) is 5.41 Å². The number of ether oxygens (including phenoxy) is 2. The minimum Gasteiger partial charge on any atom is -0.447 e.